The first kappa shape index (κ1) is 17.5. The highest BCUT2D eigenvalue weighted by atomic mass is 32.1. The zero-order chi connectivity index (χ0) is 19.6. The lowest BCUT2D eigenvalue weighted by atomic mass is 10.1. The average molecular weight is 395 g/mol. The van der Waals surface area contributed by atoms with Crippen LogP contribution in [0.1, 0.15) is 17.9 Å². The lowest BCUT2D eigenvalue weighted by molar-refractivity contribution is -0.0262. The second kappa shape index (κ2) is 5.93. The highest BCUT2D eigenvalue weighted by Crippen LogP contribution is 2.56. The minimum absolute atomic E-state index is 0.0150. The number of fused-ring (bicyclic) bond motifs is 2. The van der Waals surface area contributed by atoms with E-state index in [0.717, 1.165) is 10.2 Å². The van der Waals surface area contributed by atoms with Crippen LogP contribution in [-0.4, -0.2) is 54.1 Å². The van der Waals surface area contributed by atoms with E-state index in [1.807, 2.05) is 30.3 Å². The number of aliphatic hydroxyl groups excluding tert-OH is 2. The molecule has 5 unspecified atom stereocenters. The maximum Gasteiger partial charge on any atom is 0.234 e. The van der Waals surface area contributed by atoms with E-state index >= 15 is 0 Å². The normalized spacial score (nSPS) is 30.8. The molecule has 142 valence electrons. The van der Waals surface area contributed by atoms with Gasteiger partial charge in [0.15, 0.2) is 0 Å². The molecular weight excluding hydrogens is 378 g/mol. The molecule has 0 aliphatic heterocycles. The van der Waals surface area contributed by atoms with Gasteiger partial charge in [-0.3, -0.25) is 0 Å². The number of nitriles is 1. The molecule has 4 N–H and O–H groups in total. The first-order chi connectivity index (χ1) is 13.4. The van der Waals surface area contributed by atoms with Gasteiger partial charge >= 0.3 is 0 Å². The third-order valence-electron chi connectivity index (χ3n) is 5.72. The number of aromatic nitrogens is 3. The first-order valence-corrected chi connectivity index (χ1v) is 9.75. The van der Waals surface area contributed by atoms with E-state index < -0.39 is 23.9 Å². The summed E-state index contributed by atoms with van der Waals surface area (Å²) in [6, 6.07) is 9.22. The van der Waals surface area contributed by atoms with Crippen molar-refractivity contribution in [2.24, 2.45) is 5.92 Å². The van der Waals surface area contributed by atoms with E-state index in [1.54, 1.807) is 6.92 Å². The number of aryl methyl sites for hydroxylation is 1. The second-order valence-electron chi connectivity index (χ2n) is 7.32. The molecule has 9 heteroatoms. The minimum atomic E-state index is -1.46. The van der Waals surface area contributed by atoms with Crippen LogP contribution in [0, 0.1) is 24.2 Å². The van der Waals surface area contributed by atoms with Crippen molar-refractivity contribution in [2.75, 3.05) is 5.32 Å². The molecule has 3 aromatic rings. The smallest absolute Gasteiger partial charge is 0.234 e. The summed E-state index contributed by atoms with van der Waals surface area (Å²) in [5.41, 5.74) is 0.662. The van der Waals surface area contributed by atoms with E-state index in [1.165, 1.54) is 11.3 Å². The largest absolute Gasteiger partial charge is 0.390 e. The summed E-state index contributed by atoms with van der Waals surface area (Å²) in [7, 11) is 0. The van der Waals surface area contributed by atoms with E-state index in [4.69, 9.17) is 0 Å². The predicted molar refractivity (Wildman–Crippen MR) is 103 cm³/mol. The standard InChI is InChI=1S/C19H17N5O3S/c1-8-14(18-23-10-4-2-3-5-12(10)28-18)17(24-13(7-20)21-8)22-11-6-9-15(25)19(9,27)16(11)26/h2-5,9,11,15-16,25-27H,6H2,1H3,(H,21,22,24). The van der Waals surface area contributed by atoms with Gasteiger partial charge in [0.25, 0.3) is 0 Å². The van der Waals surface area contributed by atoms with Crippen molar-refractivity contribution in [1.29, 1.82) is 5.26 Å². The number of benzene rings is 1. The Balaban J connectivity index is 1.57. The summed E-state index contributed by atoms with van der Waals surface area (Å²) in [6.07, 6.45) is -1.62. The highest BCUT2D eigenvalue weighted by Gasteiger charge is 2.74. The average Bonchev–Trinajstić information content (AvgIpc) is 3.00. The molecule has 2 aromatic heterocycles. The Morgan fingerprint density at radius 3 is 2.68 bits per heavy atom. The van der Waals surface area contributed by atoms with Crippen LogP contribution in [0.15, 0.2) is 24.3 Å². The molecule has 5 atom stereocenters. The van der Waals surface area contributed by atoms with Crippen molar-refractivity contribution in [2.45, 2.75) is 37.2 Å². The number of anilines is 1. The molecule has 28 heavy (non-hydrogen) atoms. The number of thiazole rings is 1. The van der Waals surface area contributed by atoms with E-state index in [-0.39, 0.29) is 11.7 Å². The zero-order valence-electron chi connectivity index (χ0n) is 14.9. The molecule has 2 fully saturated rings. The lowest BCUT2D eigenvalue weighted by Gasteiger charge is -2.24. The zero-order valence-corrected chi connectivity index (χ0v) is 15.7. The lowest BCUT2D eigenvalue weighted by Crippen LogP contribution is -2.42. The molecule has 0 amide bonds. The van der Waals surface area contributed by atoms with Gasteiger partial charge in [0.05, 0.1) is 33.6 Å². The minimum Gasteiger partial charge on any atom is -0.390 e. The van der Waals surface area contributed by atoms with Crippen molar-refractivity contribution in [1.82, 2.24) is 15.0 Å². The van der Waals surface area contributed by atoms with Crippen LogP contribution in [-0.2, 0) is 0 Å². The summed E-state index contributed by atoms with van der Waals surface area (Å²) in [5.74, 6) is 0.0528. The molecule has 0 radical (unpaired) electrons. The second-order valence-corrected chi connectivity index (χ2v) is 8.36. The number of hydrogen-bond acceptors (Lipinski definition) is 9. The number of hydrogen-bond donors (Lipinski definition) is 4. The monoisotopic (exact) mass is 395 g/mol. The molecule has 0 spiro atoms. The third kappa shape index (κ3) is 2.36. The summed E-state index contributed by atoms with van der Waals surface area (Å²) < 4.78 is 1.02. The number of nitrogens with zero attached hydrogens (tertiary/aromatic N) is 4. The van der Waals surface area contributed by atoms with Gasteiger partial charge in [-0.05, 0) is 25.5 Å². The fraction of sp³-hybridized carbons (Fsp3) is 0.368. The predicted octanol–water partition coefficient (Wildman–Crippen LogP) is 1.20. The fourth-order valence-electron chi connectivity index (χ4n) is 4.16. The first-order valence-electron chi connectivity index (χ1n) is 8.93. The highest BCUT2D eigenvalue weighted by molar-refractivity contribution is 7.21. The number of para-hydroxylation sites is 1. The number of rotatable bonds is 3. The van der Waals surface area contributed by atoms with Crippen molar-refractivity contribution >= 4 is 27.4 Å². The molecule has 0 bridgehead atoms. The molecule has 5 rings (SSSR count). The van der Waals surface area contributed by atoms with Crippen molar-refractivity contribution in [3.8, 4) is 16.6 Å². The van der Waals surface area contributed by atoms with Crippen LogP contribution in [0.25, 0.3) is 20.8 Å². The topological polar surface area (TPSA) is 135 Å². The third-order valence-corrected chi connectivity index (χ3v) is 6.78. The summed E-state index contributed by atoms with van der Waals surface area (Å²) in [4.78, 5) is 13.2. The van der Waals surface area contributed by atoms with Crippen LogP contribution >= 0.6 is 11.3 Å². The maximum absolute atomic E-state index is 10.5. The van der Waals surface area contributed by atoms with Crippen molar-refractivity contribution in [3.05, 3.63) is 35.8 Å². The quantitative estimate of drug-likeness (QED) is 0.520. The van der Waals surface area contributed by atoms with E-state index in [0.29, 0.717) is 28.5 Å². The fourth-order valence-corrected chi connectivity index (χ4v) is 5.22. The Kier molecular flexibility index (Phi) is 3.70. The Bertz CT molecular complexity index is 1110. The molecule has 2 aliphatic rings. The molecular formula is C19H17N5O3S. The maximum atomic E-state index is 10.5. The van der Waals surface area contributed by atoms with Crippen molar-refractivity contribution < 1.29 is 15.3 Å². The van der Waals surface area contributed by atoms with E-state index in [9.17, 15) is 20.6 Å². The van der Waals surface area contributed by atoms with Gasteiger partial charge in [-0.25, -0.2) is 15.0 Å². The Hall–Kier alpha value is -2.64. The number of nitrogens with one attached hydrogen (secondary N) is 1. The van der Waals surface area contributed by atoms with Gasteiger partial charge in [0.1, 0.15) is 28.6 Å². The van der Waals surface area contributed by atoms with Crippen LogP contribution < -0.4 is 5.32 Å². The van der Waals surface area contributed by atoms with Crippen LogP contribution in [0.4, 0.5) is 5.82 Å². The molecule has 2 heterocycles. The molecule has 2 aliphatic carbocycles. The molecule has 1 aromatic carbocycles. The van der Waals surface area contributed by atoms with Gasteiger partial charge in [0.2, 0.25) is 5.82 Å². The Labute approximate surface area is 164 Å². The van der Waals surface area contributed by atoms with Gasteiger partial charge in [-0.1, -0.05) is 12.1 Å². The van der Waals surface area contributed by atoms with Crippen molar-refractivity contribution in [3.63, 3.8) is 0 Å². The van der Waals surface area contributed by atoms with Gasteiger partial charge in [0, 0.05) is 5.92 Å². The molecule has 2 saturated carbocycles. The molecule has 0 saturated heterocycles. The summed E-state index contributed by atoms with van der Waals surface area (Å²) in [5, 5.41) is 43.7. The Morgan fingerprint density at radius 2 is 2.00 bits per heavy atom. The van der Waals surface area contributed by atoms with Gasteiger partial charge in [-0.15, -0.1) is 11.3 Å². The van der Waals surface area contributed by atoms with Gasteiger partial charge < -0.3 is 20.6 Å². The SMILES string of the molecule is Cc1nc(C#N)nc(NC2CC3C(O)C3(O)C2O)c1-c1nc2ccccc2s1. The van der Waals surface area contributed by atoms with Gasteiger partial charge in [-0.2, -0.15) is 5.26 Å². The van der Waals surface area contributed by atoms with Crippen LogP contribution in [0.2, 0.25) is 0 Å². The van der Waals surface area contributed by atoms with Crippen LogP contribution in [0.5, 0.6) is 0 Å². The number of aliphatic hydroxyl groups is 3. The van der Waals surface area contributed by atoms with Crippen LogP contribution in [0.3, 0.4) is 0 Å². The Morgan fingerprint density at radius 1 is 1.21 bits per heavy atom. The van der Waals surface area contributed by atoms with E-state index in [2.05, 4.69) is 20.3 Å². The summed E-state index contributed by atoms with van der Waals surface area (Å²) >= 11 is 1.49. The summed E-state index contributed by atoms with van der Waals surface area (Å²) in [6.45, 7) is 1.79. The molecule has 8 nitrogen and oxygen atoms in total.